The Labute approximate surface area is 145 Å². The number of hydrogen-bond donors (Lipinski definition) is 1. The first-order valence-corrected chi connectivity index (χ1v) is 8.99. The zero-order valence-electron chi connectivity index (χ0n) is 13.7. The molecule has 1 aliphatic heterocycles. The third-order valence-corrected chi connectivity index (χ3v) is 4.87. The number of urea groups is 1. The number of benzene rings is 1. The lowest BCUT2D eigenvalue weighted by molar-refractivity contribution is 0.135. The molecule has 0 saturated carbocycles. The summed E-state index contributed by atoms with van der Waals surface area (Å²) in [6.45, 7) is 6.55. The van der Waals surface area contributed by atoms with Gasteiger partial charge in [-0.05, 0) is 31.2 Å². The number of amides is 2. The minimum atomic E-state index is -0.237. The van der Waals surface area contributed by atoms with Crippen LogP contribution in [0, 0.1) is 5.82 Å². The van der Waals surface area contributed by atoms with Crippen LogP contribution in [0.1, 0.15) is 11.9 Å². The third kappa shape index (κ3) is 4.10. The molecule has 2 amide bonds. The highest BCUT2D eigenvalue weighted by molar-refractivity contribution is 7.09. The summed E-state index contributed by atoms with van der Waals surface area (Å²) >= 11 is 1.62. The molecule has 7 heteroatoms. The van der Waals surface area contributed by atoms with Gasteiger partial charge < -0.3 is 10.2 Å². The molecule has 1 saturated heterocycles. The van der Waals surface area contributed by atoms with Gasteiger partial charge in [0.25, 0.3) is 0 Å². The minimum Gasteiger partial charge on any atom is -0.338 e. The number of nitrogens with zero attached hydrogens (tertiary/aromatic N) is 3. The topological polar surface area (TPSA) is 48.5 Å². The number of nitrogens with one attached hydrogen (secondary N) is 1. The third-order valence-electron chi connectivity index (χ3n) is 4.04. The summed E-state index contributed by atoms with van der Waals surface area (Å²) in [6, 6.07) is 6.42. The van der Waals surface area contributed by atoms with Gasteiger partial charge in [0, 0.05) is 43.7 Å². The Kier molecular flexibility index (Phi) is 5.42. The van der Waals surface area contributed by atoms with Crippen molar-refractivity contribution < 1.29 is 9.18 Å². The molecule has 0 bridgehead atoms. The van der Waals surface area contributed by atoms with E-state index < -0.39 is 0 Å². The predicted molar refractivity (Wildman–Crippen MR) is 93.4 cm³/mol. The van der Waals surface area contributed by atoms with Gasteiger partial charge >= 0.3 is 6.03 Å². The molecule has 24 heavy (non-hydrogen) atoms. The fraction of sp³-hybridized carbons (Fsp3) is 0.412. The Morgan fingerprint density at radius 3 is 2.62 bits per heavy atom. The van der Waals surface area contributed by atoms with Crippen LogP contribution < -0.4 is 5.32 Å². The molecule has 0 aliphatic carbocycles. The van der Waals surface area contributed by atoms with E-state index in [0.717, 1.165) is 49.0 Å². The Morgan fingerprint density at radius 2 is 1.96 bits per heavy atom. The quantitative estimate of drug-likeness (QED) is 0.924. The molecule has 2 aromatic rings. The first kappa shape index (κ1) is 16.9. The van der Waals surface area contributed by atoms with Crippen molar-refractivity contribution in [2.45, 2.75) is 13.5 Å². The van der Waals surface area contributed by atoms with Gasteiger partial charge in [-0.3, -0.25) is 4.90 Å². The van der Waals surface area contributed by atoms with Crippen molar-refractivity contribution in [3.63, 3.8) is 0 Å². The average molecular weight is 348 g/mol. The molecule has 1 aromatic carbocycles. The molecule has 1 fully saturated rings. The van der Waals surface area contributed by atoms with Crippen LogP contribution in [0.15, 0.2) is 29.6 Å². The molecule has 0 spiro atoms. The van der Waals surface area contributed by atoms with Crippen LogP contribution in [0.25, 0.3) is 11.3 Å². The number of rotatable bonds is 4. The molecule has 2 heterocycles. The van der Waals surface area contributed by atoms with E-state index in [-0.39, 0.29) is 11.8 Å². The SMILES string of the molecule is CCNC(=O)N1CCN(Cc2nc(-c3ccc(F)cc3)cs2)CC1. The lowest BCUT2D eigenvalue weighted by Crippen LogP contribution is -2.51. The molecular weight excluding hydrogens is 327 g/mol. The average Bonchev–Trinajstić information content (AvgIpc) is 3.05. The zero-order chi connectivity index (χ0) is 16.9. The summed E-state index contributed by atoms with van der Waals surface area (Å²) in [6.07, 6.45) is 0. The van der Waals surface area contributed by atoms with E-state index in [0.29, 0.717) is 6.54 Å². The molecule has 1 aliphatic rings. The van der Waals surface area contributed by atoms with Crippen molar-refractivity contribution in [3.05, 3.63) is 40.5 Å². The molecule has 128 valence electrons. The van der Waals surface area contributed by atoms with Gasteiger partial charge in [-0.2, -0.15) is 0 Å². The highest BCUT2D eigenvalue weighted by Crippen LogP contribution is 2.23. The van der Waals surface area contributed by atoms with Crippen LogP contribution in [0.3, 0.4) is 0 Å². The van der Waals surface area contributed by atoms with Crippen molar-refractivity contribution in [2.24, 2.45) is 0 Å². The summed E-state index contributed by atoms with van der Waals surface area (Å²) in [4.78, 5) is 20.6. The zero-order valence-corrected chi connectivity index (χ0v) is 14.5. The Morgan fingerprint density at radius 1 is 1.25 bits per heavy atom. The Balaban J connectivity index is 1.54. The maximum Gasteiger partial charge on any atom is 0.317 e. The van der Waals surface area contributed by atoms with Crippen molar-refractivity contribution in [2.75, 3.05) is 32.7 Å². The number of aromatic nitrogens is 1. The monoisotopic (exact) mass is 348 g/mol. The second kappa shape index (κ2) is 7.72. The van der Waals surface area contributed by atoms with Gasteiger partial charge in [0.15, 0.2) is 0 Å². The van der Waals surface area contributed by atoms with Gasteiger partial charge in [0.1, 0.15) is 10.8 Å². The summed E-state index contributed by atoms with van der Waals surface area (Å²) in [7, 11) is 0. The van der Waals surface area contributed by atoms with Crippen LogP contribution in [0.5, 0.6) is 0 Å². The van der Waals surface area contributed by atoms with Gasteiger partial charge in [0.2, 0.25) is 0 Å². The fourth-order valence-corrected chi connectivity index (χ4v) is 3.54. The number of piperazine rings is 1. The van der Waals surface area contributed by atoms with Crippen molar-refractivity contribution >= 4 is 17.4 Å². The normalized spacial score (nSPS) is 15.5. The molecule has 1 aromatic heterocycles. The number of carbonyl (C=O) groups is 1. The van der Waals surface area contributed by atoms with Crippen LogP contribution >= 0.6 is 11.3 Å². The van der Waals surface area contributed by atoms with Gasteiger partial charge in [-0.25, -0.2) is 14.2 Å². The molecule has 0 radical (unpaired) electrons. The summed E-state index contributed by atoms with van der Waals surface area (Å²) in [5.74, 6) is -0.237. The summed E-state index contributed by atoms with van der Waals surface area (Å²) in [5, 5.41) is 5.89. The molecule has 0 unspecified atom stereocenters. The van der Waals surface area contributed by atoms with E-state index in [9.17, 15) is 9.18 Å². The number of carbonyl (C=O) groups excluding carboxylic acids is 1. The summed E-state index contributed by atoms with van der Waals surface area (Å²) in [5.41, 5.74) is 1.82. The maximum absolute atomic E-state index is 13.0. The smallest absolute Gasteiger partial charge is 0.317 e. The van der Waals surface area contributed by atoms with Gasteiger partial charge in [0.05, 0.1) is 12.2 Å². The highest BCUT2D eigenvalue weighted by atomic mass is 32.1. The maximum atomic E-state index is 13.0. The molecular formula is C17H21FN4OS. The lowest BCUT2D eigenvalue weighted by Gasteiger charge is -2.34. The number of halogens is 1. The van der Waals surface area contributed by atoms with Gasteiger partial charge in [-0.1, -0.05) is 0 Å². The van der Waals surface area contributed by atoms with E-state index in [1.807, 2.05) is 17.2 Å². The van der Waals surface area contributed by atoms with Crippen molar-refractivity contribution in [1.82, 2.24) is 20.1 Å². The number of thiazole rings is 1. The van der Waals surface area contributed by atoms with Crippen molar-refractivity contribution in [3.8, 4) is 11.3 Å². The minimum absolute atomic E-state index is 0.0185. The number of hydrogen-bond acceptors (Lipinski definition) is 4. The first-order valence-electron chi connectivity index (χ1n) is 8.11. The standard InChI is InChI=1S/C17H21FN4OS/c1-2-19-17(23)22-9-7-21(8-10-22)11-16-20-15(12-24-16)13-3-5-14(18)6-4-13/h3-6,12H,2,7-11H2,1H3,(H,19,23). The second-order valence-corrected chi connectivity index (χ2v) is 6.67. The fourth-order valence-electron chi connectivity index (χ4n) is 2.70. The predicted octanol–water partition coefficient (Wildman–Crippen LogP) is 2.80. The molecule has 5 nitrogen and oxygen atoms in total. The highest BCUT2D eigenvalue weighted by Gasteiger charge is 2.21. The first-order chi connectivity index (χ1) is 11.7. The Hall–Kier alpha value is -1.99. The lowest BCUT2D eigenvalue weighted by atomic mass is 10.2. The van der Waals surface area contributed by atoms with E-state index in [1.54, 1.807) is 23.5 Å². The van der Waals surface area contributed by atoms with E-state index in [1.165, 1.54) is 12.1 Å². The largest absolute Gasteiger partial charge is 0.338 e. The van der Waals surface area contributed by atoms with E-state index in [2.05, 4.69) is 15.2 Å². The summed E-state index contributed by atoms with van der Waals surface area (Å²) < 4.78 is 13.0. The van der Waals surface area contributed by atoms with E-state index >= 15 is 0 Å². The molecule has 1 N–H and O–H groups in total. The van der Waals surface area contributed by atoms with Crippen LogP contribution in [-0.2, 0) is 6.54 Å². The molecule has 0 atom stereocenters. The van der Waals surface area contributed by atoms with Crippen molar-refractivity contribution in [1.29, 1.82) is 0 Å². The molecule has 3 rings (SSSR count). The van der Waals surface area contributed by atoms with E-state index in [4.69, 9.17) is 0 Å². The van der Waals surface area contributed by atoms with Gasteiger partial charge in [-0.15, -0.1) is 11.3 Å². The van der Waals surface area contributed by atoms with Crippen LogP contribution in [-0.4, -0.2) is 53.5 Å². The van der Waals surface area contributed by atoms with Crippen LogP contribution in [0.2, 0.25) is 0 Å². The second-order valence-electron chi connectivity index (χ2n) is 5.73. The van der Waals surface area contributed by atoms with Crippen LogP contribution in [0.4, 0.5) is 9.18 Å². The Bertz CT molecular complexity index is 680.